The maximum atomic E-state index is 11.8. The number of nitrogens with zero attached hydrogens (tertiary/aromatic N) is 3. The smallest absolute Gasteiger partial charge is 0.244 e. The van der Waals surface area contributed by atoms with Crippen LogP contribution in [0.15, 0.2) is 6.20 Å². The Morgan fingerprint density at radius 2 is 2.40 bits per heavy atom. The van der Waals surface area contributed by atoms with Crippen molar-refractivity contribution in [3.63, 3.8) is 0 Å². The molecule has 1 aromatic rings. The lowest BCUT2D eigenvalue weighted by Gasteiger charge is -2.16. The molecule has 1 aliphatic rings. The molecule has 0 radical (unpaired) electrons. The first-order chi connectivity index (χ1) is 7.09. The summed E-state index contributed by atoms with van der Waals surface area (Å²) in [5.74, 6) is 0.101. The largest absolute Gasteiger partial charge is 0.396 e. The van der Waals surface area contributed by atoms with E-state index < -0.39 is 0 Å². The average Bonchev–Trinajstić information content (AvgIpc) is 3.00. The second-order valence-electron chi connectivity index (χ2n) is 4.08. The summed E-state index contributed by atoms with van der Waals surface area (Å²) < 4.78 is 1.65. The number of anilines is 1. The van der Waals surface area contributed by atoms with Crippen molar-refractivity contribution in [3.8, 4) is 0 Å². The summed E-state index contributed by atoms with van der Waals surface area (Å²) in [6.45, 7) is 2.16. The Hall–Kier alpha value is -1.52. The zero-order valence-corrected chi connectivity index (χ0v) is 9.10. The van der Waals surface area contributed by atoms with E-state index in [1.807, 2.05) is 14.0 Å². The Balaban J connectivity index is 2.01. The van der Waals surface area contributed by atoms with Gasteiger partial charge >= 0.3 is 0 Å². The highest BCUT2D eigenvalue weighted by atomic mass is 16.2. The van der Waals surface area contributed by atoms with E-state index in [0.717, 1.165) is 18.5 Å². The Labute approximate surface area is 88.8 Å². The van der Waals surface area contributed by atoms with Crippen molar-refractivity contribution < 1.29 is 4.79 Å². The first-order valence-corrected chi connectivity index (χ1v) is 5.13. The quantitative estimate of drug-likeness (QED) is 0.781. The molecule has 1 fully saturated rings. The third-order valence-electron chi connectivity index (χ3n) is 2.91. The van der Waals surface area contributed by atoms with Gasteiger partial charge in [-0.1, -0.05) is 0 Å². The fourth-order valence-electron chi connectivity index (χ4n) is 1.53. The van der Waals surface area contributed by atoms with E-state index in [-0.39, 0.29) is 12.5 Å². The number of amides is 1. The van der Waals surface area contributed by atoms with Crippen molar-refractivity contribution in [3.05, 3.63) is 11.9 Å². The Morgan fingerprint density at radius 3 is 2.87 bits per heavy atom. The number of aromatic nitrogens is 2. The summed E-state index contributed by atoms with van der Waals surface area (Å²) in [6.07, 6.45) is 3.84. The summed E-state index contributed by atoms with van der Waals surface area (Å²) in [4.78, 5) is 13.6. The Bertz CT molecular complexity index is 381. The van der Waals surface area contributed by atoms with Gasteiger partial charge in [0, 0.05) is 13.1 Å². The average molecular weight is 208 g/mol. The molecule has 0 saturated heterocycles. The molecule has 1 aromatic heterocycles. The number of hydrogen-bond acceptors (Lipinski definition) is 3. The van der Waals surface area contributed by atoms with Crippen LogP contribution in [0.3, 0.4) is 0 Å². The molecule has 2 rings (SSSR count). The van der Waals surface area contributed by atoms with Gasteiger partial charge in [0.05, 0.1) is 17.6 Å². The van der Waals surface area contributed by atoms with Crippen LogP contribution in [-0.2, 0) is 11.3 Å². The fourth-order valence-corrected chi connectivity index (χ4v) is 1.53. The predicted octanol–water partition coefficient (Wildman–Crippen LogP) is 0.395. The second kappa shape index (κ2) is 3.56. The highest BCUT2D eigenvalue weighted by Gasteiger charge is 2.29. The number of rotatable bonds is 3. The maximum Gasteiger partial charge on any atom is 0.244 e. The zero-order chi connectivity index (χ0) is 11.0. The third kappa shape index (κ3) is 1.95. The molecule has 82 valence electrons. The summed E-state index contributed by atoms with van der Waals surface area (Å²) in [7, 11) is 1.85. The number of likely N-dealkylation sites (N-methyl/N-ethyl adjacent to an activating group) is 1. The first-order valence-electron chi connectivity index (χ1n) is 5.13. The lowest BCUT2D eigenvalue weighted by atomic mass is 10.4. The minimum absolute atomic E-state index is 0.101. The van der Waals surface area contributed by atoms with Gasteiger partial charge in [0.15, 0.2) is 0 Å². The molecule has 0 spiro atoms. The minimum atomic E-state index is 0.101. The first kappa shape index (κ1) is 10.0. The molecule has 0 unspecified atom stereocenters. The van der Waals surface area contributed by atoms with Crippen molar-refractivity contribution in [2.24, 2.45) is 0 Å². The van der Waals surface area contributed by atoms with E-state index in [1.165, 1.54) is 0 Å². The van der Waals surface area contributed by atoms with Crippen molar-refractivity contribution in [1.82, 2.24) is 14.7 Å². The molecule has 0 aromatic carbocycles. The number of carbonyl (C=O) groups excluding carboxylic acids is 1. The second-order valence-corrected chi connectivity index (χ2v) is 4.08. The molecule has 1 saturated carbocycles. The summed E-state index contributed by atoms with van der Waals surface area (Å²) in [6, 6.07) is 0.450. The number of carbonyl (C=O) groups is 1. The lowest BCUT2D eigenvalue weighted by Crippen LogP contribution is -2.32. The fraction of sp³-hybridized carbons (Fsp3) is 0.600. The molecule has 1 heterocycles. The topological polar surface area (TPSA) is 64.1 Å². The molecule has 2 N–H and O–H groups in total. The molecule has 0 atom stereocenters. The third-order valence-corrected chi connectivity index (χ3v) is 2.91. The highest BCUT2D eigenvalue weighted by molar-refractivity contribution is 5.76. The van der Waals surface area contributed by atoms with Gasteiger partial charge in [-0.15, -0.1) is 0 Å². The van der Waals surface area contributed by atoms with Crippen LogP contribution in [0.1, 0.15) is 18.5 Å². The number of nitrogens with two attached hydrogens (primary N) is 1. The summed E-state index contributed by atoms with van der Waals surface area (Å²) in [5, 5.41) is 4.06. The van der Waals surface area contributed by atoms with Crippen LogP contribution in [0.5, 0.6) is 0 Å². The molecule has 0 aliphatic heterocycles. The van der Waals surface area contributed by atoms with E-state index in [2.05, 4.69) is 5.10 Å². The Morgan fingerprint density at radius 1 is 1.73 bits per heavy atom. The van der Waals surface area contributed by atoms with Gasteiger partial charge in [0.25, 0.3) is 0 Å². The van der Waals surface area contributed by atoms with E-state index in [1.54, 1.807) is 15.8 Å². The standard InChI is InChI=1S/C10H16N4O/c1-7-9(11)5-12-14(7)6-10(15)13(2)8-3-4-8/h5,8H,3-4,6,11H2,1-2H3. The van der Waals surface area contributed by atoms with Crippen LogP contribution in [0.2, 0.25) is 0 Å². The van der Waals surface area contributed by atoms with E-state index in [4.69, 9.17) is 5.73 Å². The van der Waals surface area contributed by atoms with E-state index >= 15 is 0 Å². The molecular formula is C10H16N4O. The van der Waals surface area contributed by atoms with Crippen LogP contribution in [0.4, 0.5) is 5.69 Å². The van der Waals surface area contributed by atoms with E-state index in [0.29, 0.717) is 11.7 Å². The van der Waals surface area contributed by atoms with Crippen molar-refractivity contribution in [1.29, 1.82) is 0 Å². The molecular weight excluding hydrogens is 192 g/mol. The predicted molar refractivity (Wildman–Crippen MR) is 57.2 cm³/mol. The van der Waals surface area contributed by atoms with Gasteiger partial charge < -0.3 is 10.6 Å². The molecule has 1 aliphatic carbocycles. The molecule has 0 bridgehead atoms. The molecule has 1 amide bonds. The Kier molecular flexibility index (Phi) is 2.38. The molecule has 5 heteroatoms. The molecule has 5 nitrogen and oxygen atoms in total. The van der Waals surface area contributed by atoms with Gasteiger partial charge in [0.2, 0.25) is 5.91 Å². The van der Waals surface area contributed by atoms with Crippen molar-refractivity contribution in [2.75, 3.05) is 12.8 Å². The van der Waals surface area contributed by atoms with Gasteiger partial charge in [-0.3, -0.25) is 9.48 Å². The monoisotopic (exact) mass is 208 g/mol. The number of nitrogen functional groups attached to an aromatic ring is 1. The van der Waals surface area contributed by atoms with Crippen LogP contribution < -0.4 is 5.73 Å². The normalized spacial score (nSPS) is 15.3. The van der Waals surface area contributed by atoms with Gasteiger partial charge in [-0.2, -0.15) is 5.10 Å². The zero-order valence-electron chi connectivity index (χ0n) is 9.10. The van der Waals surface area contributed by atoms with Crippen LogP contribution >= 0.6 is 0 Å². The van der Waals surface area contributed by atoms with Crippen molar-refractivity contribution in [2.45, 2.75) is 32.4 Å². The van der Waals surface area contributed by atoms with Gasteiger partial charge in [-0.25, -0.2) is 0 Å². The van der Waals surface area contributed by atoms with Crippen LogP contribution in [-0.4, -0.2) is 33.7 Å². The van der Waals surface area contributed by atoms with Crippen LogP contribution in [0, 0.1) is 6.92 Å². The number of hydrogen-bond donors (Lipinski definition) is 1. The summed E-state index contributed by atoms with van der Waals surface area (Å²) in [5.41, 5.74) is 7.15. The lowest BCUT2D eigenvalue weighted by molar-refractivity contribution is -0.131. The van der Waals surface area contributed by atoms with Crippen molar-refractivity contribution >= 4 is 11.6 Å². The van der Waals surface area contributed by atoms with Gasteiger partial charge in [-0.05, 0) is 19.8 Å². The van der Waals surface area contributed by atoms with Gasteiger partial charge in [0.1, 0.15) is 6.54 Å². The highest BCUT2D eigenvalue weighted by Crippen LogP contribution is 2.25. The SMILES string of the molecule is Cc1c(N)cnn1CC(=O)N(C)C1CC1. The van der Waals surface area contributed by atoms with Crippen LogP contribution in [0.25, 0.3) is 0 Å². The maximum absolute atomic E-state index is 11.8. The van der Waals surface area contributed by atoms with E-state index in [9.17, 15) is 4.79 Å². The molecule has 15 heavy (non-hydrogen) atoms. The minimum Gasteiger partial charge on any atom is -0.396 e. The summed E-state index contributed by atoms with van der Waals surface area (Å²) >= 11 is 0.